The lowest BCUT2D eigenvalue weighted by atomic mass is 9.98. The van der Waals surface area contributed by atoms with Crippen molar-refractivity contribution in [2.45, 2.75) is 27.2 Å². The topological polar surface area (TPSA) is 83.1 Å². The Morgan fingerprint density at radius 2 is 1.72 bits per heavy atom. The Morgan fingerprint density at radius 1 is 1.08 bits per heavy atom. The van der Waals surface area contributed by atoms with Crippen LogP contribution in [0, 0.1) is 5.41 Å². The molecule has 0 aliphatic carbocycles. The summed E-state index contributed by atoms with van der Waals surface area (Å²) < 4.78 is 21.0. The number of alkyl carbamates (subject to hydrolysis) is 1. The van der Waals surface area contributed by atoms with Gasteiger partial charge in [-0.1, -0.05) is 0 Å². The molecule has 0 unspecified atom stereocenters. The van der Waals surface area contributed by atoms with E-state index < -0.39 is 24.3 Å². The molecule has 0 heterocycles. The highest BCUT2D eigenvalue weighted by atomic mass is 79.9. The van der Waals surface area contributed by atoms with E-state index in [1.165, 1.54) is 0 Å². The molecule has 1 amide bonds. The van der Waals surface area contributed by atoms with Crippen molar-refractivity contribution in [3.8, 4) is 11.5 Å². The van der Waals surface area contributed by atoms with Gasteiger partial charge in [-0.25, -0.2) is 4.79 Å². The number of amides is 1. The van der Waals surface area contributed by atoms with E-state index in [1.54, 1.807) is 41.1 Å². The van der Waals surface area contributed by atoms with Gasteiger partial charge in [-0.15, -0.1) is 0 Å². The first-order chi connectivity index (χ1) is 11.7. The van der Waals surface area contributed by atoms with E-state index in [4.69, 9.17) is 18.9 Å². The van der Waals surface area contributed by atoms with Crippen LogP contribution in [-0.2, 0) is 20.7 Å². The zero-order valence-electron chi connectivity index (χ0n) is 15.1. The van der Waals surface area contributed by atoms with Crippen molar-refractivity contribution in [2.24, 2.45) is 5.41 Å². The van der Waals surface area contributed by atoms with Gasteiger partial charge in [0.25, 0.3) is 0 Å². The molecule has 25 heavy (non-hydrogen) atoms. The molecule has 1 rings (SSSR count). The predicted molar refractivity (Wildman–Crippen MR) is 95.8 cm³/mol. The molecule has 0 saturated carbocycles. The van der Waals surface area contributed by atoms with Gasteiger partial charge in [0, 0.05) is 6.54 Å². The summed E-state index contributed by atoms with van der Waals surface area (Å²) in [5.74, 6) is 0.918. The molecule has 0 aliphatic heterocycles. The second-order valence-corrected chi connectivity index (χ2v) is 7.06. The number of carbonyl (C=O) groups excluding carboxylic acids is 2. The lowest BCUT2D eigenvalue weighted by Crippen LogP contribution is -2.29. The molecule has 0 radical (unpaired) electrons. The second kappa shape index (κ2) is 9.50. The number of halogens is 1. The highest BCUT2D eigenvalue weighted by Gasteiger charge is 2.23. The van der Waals surface area contributed by atoms with Crippen molar-refractivity contribution in [1.29, 1.82) is 0 Å². The van der Waals surface area contributed by atoms with Gasteiger partial charge in [-0.05, 0) is 60.8 Å². The zero-order chi connectivity index (χ0) is 19.0. The minimum atomic E-state index is -0.662. The van der Waals surface area contributed by atoms with Gasteiger partial charge in [-0.2, -0.15) is 0 Å². The first-order valence-electron chi connectivity index (χ1n) is 7.67. The highest BCUT2D eigenvalue weighted by molar-refractivity contribution is 9.10. The number of hydrogen-bond donors (Lipinski definition) is 1. The summed E-state index contributed by atoms with van der Waals surface area (Å²) in [5.41, 5.74) is 0.235. The molecule has 7 nitrogen and oxygen atoms in total. The molecule has 0 spiro atoms. The third-order valence-electron chi connectivity index (χ3n) is 3.21. The van der Waals surface area contributed by atoms with Crippen LogP contribution in [0.1, 0.15) is 26.3 Å². The predicted octanol–water partition coefficient (Wildman–Crippen LogP) is 3.28. The Balaban J connectivity index is 2.44. The number of benzene rings is 1. The summed E-state index contributed by atoms with van der Waals surface area (Å²) in [6, 6.07) is 3.64. The normalized spacial score (nSPS) is 10.8. The SMILES string of the molecule is COc1cc(CCNC(=O)OCOC(=O)C(C)(C)C)c(OC)cc1Br. The van der Waals surface area contributed by atoms with E-state index in [9.17, 15) is 9.59 Å². The summed E-state index contributed by atoms with van der Waals surface area (Å²) in [7, 11) is 3.15. The maximum atomic E-state index is 11.6. The summed E-state index contributed by atoms with van der Waals surface area (Å²) >= 11 is 3.39. The van der Waals surface area contributed by atoms with Gasteiger partial charge in [0.1, 0.15) is 11.5 Å². The number of nitrogens with one attached hydrogen (secondary N) is 1. The molecular weight excluding hydrogens is 394 g/mol. The molecule has 0 bridgehead atoms. The maximum absolute atomic E-state index is 11.6. The van der Waals surface area contributed by atoms with Crippen LogP contribution in [0.15, 0.2) is 16.6 Å². The van der Waals surface area contributed by atoms with Crippen molar-refractivity contribution in [3.63, 3.8) is 0 Å². The molecule has 0 aliphatic rings. The second-order valence-electron chi connectivity index (χ2n) is 6.21. The van der Waals surface area contributed by atoms with Crippen molar-refractivity contribution in [2.75, 3.05) is 27.6 Å². The fraction of sp³-hybridized carbons (Fsp3) is 0.529. The molecule has 0 fully saturated rings. The van der Waals surface area contributed by atoms with Crippen LogP contribution in [-0.4, -0.2) is 39.6 Å². The van der Waals surface area contributed by atoms with E-state index in [-0.39, 0.29) is 0 Å². The monoisotopic (exact) mass is 417 g/mol. The molecular formula is C17H24BrNO6. The number of hydrogen-bond acceptors (Lipinski definition) is 6. The third kappa shape index (κ3) is 6.81. The van der Waals surface area contributed by atoms with Crippen molar-refractivity contribution in [3.05, 3.63) is 22.2 Å². The lowest BCUT2D eigenvalue weighted by Gasteiger charge is -2.16. The van der Waals surface area contributed by atoms with E-state index in [0.29, 0.717) is 24.5 Å². The first kappa shape index (κ1) is 21.1. The fourth-order valence-electron chi connectivity index (χ4n) is 1.82. The lowest BCUT2D eigenvalue weighted by molar-refractivity contribution is -0.161. The summed E-state index contributed by atoms with van der Waals surface area (Å²) in [5, 5.41) is 2.59. The minimum Gasteiger partial charge on any atom is -0.496 e. The van der Waals surface area contributed by atoms with Crippen molar-refractivity contribution >= 4 is 28.0 Å². The van der Waals surface area contributed by atoms with Crippen LogP contribution >= 0.6 is 15.9 Å². The van der Waals surface area contributed by atoms with Crippen molar-refractivity contribution in [1.82, 2.24) is 5.32 Å². The van der Waals surface area contributed by atoms with Crippen molar-refractivity contribution < 1.29 is 28.5 Å². The van der Waals surface area contributed by atoms with E-state index in [2.05, 4.69) is 21.2 Å². The van der Waals surface area contributed by atoms with Crippen LogP contribution in [0.2, 0.25) is 0 Å². The summed E-state index contributed by atoms with van der Waals surface area (Å²) in [4.78, 5) is 23.1. The smallest absolute Gasteiger partial charge is 0.410 e. The standard InChI is InChI=1S/C17H24BrNO6/c1-17(2,3)15(20)24-10-25-16(21)19-7-6-11-8-14(23-5)12(18)9-13(11)22-4/h8-9H,6-7,10H2,1-5H3,(H,19,21). The molecule has 140 valence electrons. The fourth-order valence-corrected chi connectivity index (χ4v) is 2.31. The molecule has 0 saturated heterocycles. The zero-order valence-corrected chi connectivity index (χ0v) is 16.7. The number of carbonyl (C=O) groups is 2. The van der Waals surface area contributed by atoms with E-state index in [1.807, 2.05) is 6.07 Å². The Morgan fingerprint density at radius 3 is 2.28 bits per heavy atom. The molecule has 0 atom stereocenters. The Bertz CT molecular complexity index is 612. The summed E-state index contributed by atoms with van der Waals surface area (Å²) in [6.45, 7) is 5.06. The Hall–Kier alpha value is -1.96. The van der Waals surface area contributed by atoms with Gasteiger partial charge in [0.2, 0.25) is 6.79 Å². The van der Waals surface area contributed by atoms with Crippen LogP contribution in [0.4, 0.5) is 4.79 Å². The average molecular weight is 418 g/mol. The van der Waals surface area contributed by atoms with Crippen LogP contribution in [0.3, 0.4) is 0 Å². The highest BCUT2D eigenvalue weighted by Crippen LogP contribution is 2.32. The van der Waals surface area contributed by atoms with E-state index >= 15 is 0 Å². The molecule has 1 aromatic rings. The third-order valence-corrected chi connectivity index (χ3v) is 3.83. The molecule has 0 aromatic heterocycles. The number of esters is 1. The average Bonchev–Trinajstić information content (AvgIpc) is 2.54. The van der Waals surface area contributed by atoms with Gasteiger partial charge < -0.3 is 24.3 Å². The number of rotatable bonds is 7. The number of methoxy groups -OCH3 is 2. The quantitative estimate of drug-likeness (QED) is 0.541. The number of ether oxygens (including phenoxy) is 4. The molecule has 1 N–H and O–H groups in total. The van der Waals surface area contributed by atoms with Gasteiger partial charge >= 0.3 is 12.1 Å². The van der Waals surface area contributed by atoms with Crippen LogP contribution in [0.5, 0.6) is 11.5 Å². The summed E-state index contributed by atoms with van der Waals surface area (Å²) in [6.07, 6.45) is -0.145. The first-order valence-corrected chi connectivity index (χ1v) is 8.46. The van der Waals surface area contributed by atoms with Crippen LogP contribution < -0.4 is 14.8 Å². The largest absolute Gasteiger partial charge is 0.496 e. The minimum absolute atomic E-state index is 0.327. The van der Waals surface area contributed by atoms with E-state index in [0.717, 1.165) is 10.0 Å². The Labute approximate surface area is 156 Å². The van der Waals surface area contributed by atoms with Gasteiger partial charge in [0.15, 0.2) is 0 Å². The maximum Gasteiger partial charge on any atom is 0.410 e. The Kier molecular flexibility index (Phi) is 8.02. The van der Waals surface area contributed by atoms with Crippen LogP contribution in [0.25, 0.3) is 0 Å². The molecule has 1 aromatic carbocycles. The van der Waals surface area contributed by atoms with Gasteiger partial charge in [-0.3, -0.25) is 4.79 Å². The molecule has 8 heteroatoms. The van der Waals surface area contributed by atoms with Gasteiger partial charge in [0.05, 0.1) is 24.1 Å².